The van der Waals surface area contributed by atoms with Gasteiger partial charge in [0.15, 0.2) is 0 Å². The van der Waals surface area contributed by atoms with E-state index >= 15 is 0 Å². The molecular weight excluding hydrogens is 152 g/mol. The van der Waals surface area contributed by atoms with Crippen molar-refractivity contribution >= 4 is 5.91 Å². The number of hydrogen-bond donors (Lipinski definition) is 1. The number of rotatable bonds is 0. The molecule has 1 atom stereocenters. The molecule has 68 valence electrons. The Labute approximate surface area is 72.9 Å². The molecule has 1 aliphatic heterocycles. The molecule has 2 N–H and O–H groups in total. The van der Waals surface area contributed by atoms with Crippen molar-refractivity contribution in [2.24, 2.45) is 5.73 Å². The standard InChI is InChI=1S/C9H16N2O/c1-11-8(12)7(10)9(11)5-3-2-4-6-9/h7H,2-6,10H2,1H3/t7-/m1/s1. The van der Waals surface area contributed by atoms with Crippen molar-refractivity contribution in [1.82, 2.24) is 4.90 Å². The largest absolute Gasteiger partial charge is 0.337 e. The third-order valence-electron chi connectivity index (χ3n) is 3.56. The second kappa shape index (κ2) is 2.46. The van der Waals surface area contributed by atoms with Crippen molar-refractivity contribution in [3.63, 3.8) is 0 Å². The van der Waals surface area contributed by atoms with Gasteiger partial charge in [0.2, 0.25) is 5.91 Å². The number of hydrogen-bond acceptors (Lipinski definition) is 2. The van der Waals surface area contributed by atoms with E-state index in [0.717, 1.165) is 12.8 Å². The summed E-state index contributed by atoms with van der Waals surface area (Å²) in [4.78, 5) is 13.1. The number of likely N-dealkylation sites (tertiary alicyclic amines) is 1. The van der Waals surface area contributed by atoms with Gasteiger partial charge in [-0.05, 0) is 12.8 Å². The van der Waals surface area contributed by atoms with E-state index in [9.17, 15) is 4.79 Å². The van der Waals surface area contributed by atoms with E-state index in [1.54, 1.807) is 0 Å². The van der Waals surface area contributed by atoms with E-state index in [0.29, 0.717) is 0 Å². The van der Waals surface area contributed by atoms with Crippen molar-refractivity contribution < 1.29 is 4.79 Å². The van der Waals surface area contributed by atoms with Gasteiger partial charge in [-0.2, -0.15) is 0 Å². The third-order valence-corrected chi connectivity index (χ3v) is 3.56. The summed E-state index contributed by atoms with van der Waals surface area (Å²) in [5.74, 6) is 0.122. The summed E-state index contributed by atoms with van der Waals surface area (Å²) in [7, 11) is 1.89. The Bertz CT molecular complexity index is 195. The summed E-state index contributed by atoms with van der Waals surface area (Å²) >= 11 is 0. The second-order valence-electron chi connectivity index (χ2n) is 4.04. The Morgan fingerprint density at radius 3 is 2.50 bits per heavy atom. The highest BCUT2D eigenvalue weighted by Gasteiger charge is 2.55. The quantitative estimate of drug-likeness (QED) is 0.535. The van der Waals surface area contributed by atoms with E-state index in [-0.39, 0.29) is 17.5 Å². The minimum Gasteiger partial charge on any atom is -0.337 e. The molecule has 2 aliphatic rings. The maximum absolute atomic E-state index is 11.2. The Morgan fingerprint density at radius 2 is 2.00 bits per heavy atom. The molecule has 1 spiro atoms. The van der Waals surface area contributed by atoms with Gasteiger partial charge in [-0.1, -0.05) is 19.3 Å². The zero-order valence-corrected chi connectivity index (χ0v) is 7.55. The Balaban J connectivity index is 2.15. The van der Waals surface area contributed by atoms with E-state index in [4.69, 9.17) is 5.73 Å². The summed E-state index contributed by atoms with van der Waals surface area (Å²) in [6.45, 7) is 0. The minimum absolute atomic E-state index is 0.0509. The first-order chi connectivity index (χ1) is 5.68. The molecule has 3 nitrogen and oxygen atoms in total. The maximum atomic E-state index is 11.2. The van der Waals surface area contributed by atoms with E-state index in [2.05, 4.69) is 0 Å². The third kappa shape index (κ3) is 0.774. The molecule has 0 aromatic carbocycles. The van der Waals surface area contributed by atoms with E-state index in [1.807, 2.05) is 11.9 Å². The Kier molecular flexibility index (Phi) is 1.65. The van der Waals surface area contributed by atoms with Gasteiger partial charge in [-0.3, -0.25) is 4.79 Å². The number of likely N-dealkylation sites (N-methyl/N-ethyl adjacent to an activating group) is 1. The Hall–Kier alpha value is -0.570. The molecular formula is C9H16N2O. The summed E-state index contributed by atoms with van der Waals surface area (Å²) in [6, 6.07) is -0.206. The fourth-order valence-corrected chi connectivity index (χ4v) is 2.61. The van der Waals surface area contributed by atoms with Crippen LogP contribution >= 0.6 is 0 Å². The normalized spacial score (nSPS) is 33.7. The molecule has 1 aliphatic carbocycles. The highest BCUT2D eigenvalue weighted by Crippen LogP contribution is 2.41. The minimum atomic E-state index is -0.206. The topological polar surface area (TPSA) is 46.3 Å². The molecule has 1 amide bonds. The highest BCUT2D eigenvalue weighted by atomic mass is 16.2. The Morgan fingerprint density at radius 1 is 1.42 bits per heavy atom. The lowest BCUT2D eigenvalue weighted by Crippen LogP contribution is -2.76. The predicted octanol–water partition coefficient (Wildman–Crippen LogP) is 0.489. The van der Waals surface area contributed by atoms with E-state index in [1.165, 1.54) is 19.3 Å². The van der Waals surface area contributed by atoms with Crippen LogP contribution < -0.4 is 5.73 Å². The molecule has 3 heteroatoms. The summed E-state index contributed by atoms with van der Waals surface area (Å²) in [5.41, 5.74) is 5.88. The lowest BCUT2D eigenvalue weighted by Gasteiger charge is -2.56. The van der Waals surface area contributed by atoms with Crippen molar-refractivity contribution in [3.8, 4) is 0 Å². The number of amides is 1. The first kappa shape index (κ1) is 8.05. The highest BCUT2D eigenvalue weighted by molar-refractivity contribution is 5.90. The number of nitrogens with two attached hydrogens (primary N) is 1. The zero-order valence-electron chi connectivity index (χ0n) is 7.55. The van der Waals surface area contributed by atoms with Gasteiger partial charge in [0.05, 0.1) is 5.54 Å². The van der Waals surface area contributed by atoms with Crippen LogP contribution in [-0.4, -0.2) is 29.4 Å². The van der Waals surface area contributed by atoms with Crippen LogP contribution in [0.15, 0.2) is 0 Å². The van der Waals surface area contributed by atoms with Gasteiger partial charge >= 0.3 is 0 Å². The van der Waals surface area contributed by atoms with Crippen LogP contribution in [0.25, 0.3) is 0 Å². The van der Waals surface area contributed by atoms with Crippen LogP contribution in [0.3, 0.4) is 0 Å². The van der Waals surface area contributed by atoms with Crippen LogP contribution in [-0.2, 0) is 4.79 Å². The molecule has 0 radical (unpaired) electrons. The smallest absolute Gasteiger partial charge is 0.242 e. The van der Waals surface area contributed by atoms with Crippen LogP contribution in [0, 0.1) is 0 Å². The number of carbonyl (C=O) groups is 1. The van der Waals surface area contributed by atoms with Gasteiger partial charge < -0.3 is 10.6 Å². The molecule has 2 rings (SSSR count). The fraction of sp³-hybridized carbons (Fsp3) is 0.889. The number of nitrogens with zero attached hydrogens (tertiary/aromatic N) is 1. The molecule has 0 aromatic rings. The number of β-lactam (4-membered cyclic amide) rings is 1. The maximum Gasteiger partial charge on any atom is 0.242 e. The second-order valence-corrected chi connectivity index (χ2v) is 4.04. The predicted molar refractivity (Wildman–Crippen MR) is 46.6 cm³/mol. The number of carbonyl (C=O) groups excluding carboxylic acids is 1. The van der Waals surface area contributed by atoms with Crippen LogP contribution in [0.4, 0.5) is 0 Å². The first-order valence-corrected chi connectivity index (χ1v) is 4.72. The van der Waals surface area contributed by atoms with Gasteiger partial charge in [-0.25, -0.2) is 0 Å². The van der Waals surface area contributed by atoms with Gasteiger partial charge in [0.25, 0.3) is 0 Å². The monoisotopic (exact) mass is 168 g/mol. The average molecular weight is 168 g/mol. The lowest BCUT2D eigenvalue weighted by molar-refractivity contribution is -0.161. The van der Waals surface area contributed by atoms with Crippen molar-refractivity contribution in [2.45, 2.75) is 43.7 Å². The van der Waals surface area contributed by atoms with Gasteiger partial charge in [0, 0.05) is 7.05 Å². The molecule has 0 aromatic heterocycles. The fourth-order valence-electron chi connectivity index (χ4n) is 2.61. The molecule has 0 bridgehead atoms. The summed E-state index contributed by atoms with van der Waals surface area (Å²) in [6.07, 6.45) is 5.97. The molecule has 2 fully saturated rings. The van der Waals surface area contributed by atoms with E-state index < -0.39 is 0 Å². The molecule has 0 unspecified atom stereocenters. The molecule has 1 saturated heterocycles. The molecule has 1 saturated carbocycles. The summed E-state index contributed by atoms with van der Waals surface area (Å²) < 4.78 is 0. The molecule has 12 heavy (non-hydrogen) atoms. The molecule has 1 heterocycles. The lowest BCUT2D eigenvalue weighted by atomic mass is 9.69. The first-order valence-electron chi connectivity index (χ1n) is 4.72. The van der Waals surface area contributed by atoms with Crippen LogP contribution in [0.1, 0.15) is 32.1 Å². The van der Waals surface area contributed by atoms with Crippen molar-refractivity contribution in [3.05, 3.63) is 0 Å². The average Bonchev–Trinajstić information content (AvgIpc) is 2.16. The van der Waals surface area contributed by atoms with Crippen LogP contribution in [0.5, 0.6) is 0 Å². The SMILES string of the molecule is CN1C(=O)[C@@H](N)C12CCCCC2. The zero-order chi connectivity index (χ0) is 8.77. The summed E-state index contributed by atoms with van der Waals surface area (Å²) in [5, 5.41) is 0. The van der Waals surface area contributed by atoms with Crippen LogP contribution in [0.2, 0.25) is 0 Å². The van der Waals surface area contributed by atoms with Crippen molar-refractivity contribution in [2.75, 3.05) is 7.05 Å². The van der Waals surface area contributed by atoms with Crippen molar-refractivity contribution in [1.29, 1.82) is 0 Å². The van der Waals surface area contributed by atoms with Gasteiger partial charge in [0.1, 0.15) is 6.04 Å². The van der Waals surface area contributed by atoms with Gasteiger partial charge in [-0.15, -0.1) is 0 Å².